The van der Waals surface area contributed by atoms with E-state index in [0.29, 0.717) is 17.7 Å². The average molecular weight is 511 g/mol. The molecule has 0 bridgehead atoms. The number of nitrogens with zero attached hydrogens (tertiary/aromatic N) is 3. The summed E-state index contributed by atoms with van der Waals surface area (Å²) in [5, 5.41) is 12.8. The van der Waals surface area contributed by atoms with E-state index in [2.05, 4.69) is 23.3 Å². The van der Waals surface area contributed by atoms with Crippen LogP contribution >= 0.6 is 0 Å². The molecule has 1 aliphatic heterocycles. The Morgan fingerprint density at radius 1 is 1.11 bits per heavy atom. The lowest BCUT2D eigenvalue weighted by atomic mass is 9.98. The van der Waals surface area contributed by atoms with Gasteiger partial charge in [-0.3, -0.25) is 14.2 Å². The second-order valence-corrected chi connectivity index (χ2v) is 9.88. The fourth-order valence-corrected chi connectivity index (χ4v) is 4.83. The highest BCUT2D eigenvalue weighted by Gasteiger charge is 2.28. The minimum absolute atomic E-state index is 0.118. The summed E-state index contributed by atoms with van der Waals surface area (Å²) in [6.45, 7) is 8.35. The number of carbonyl (C=O) groups is 1. The molecule has 2 aromatic carbocycles. The number of aromatic nitrogens is 2. The molecule has 0 aliphatic carbocycles. The first kappa shape index (κ1) is 26.9. The quantitative estimate of drug-likeness (QED) is 0.339. The predicted molar refractivity (Wildman–Crippen MR) is 150 cm³/mol. The number of hydrogen-bond acceptors (Lipinski definition) is 5. The number of nitrogens with one attached hydrogen (secondary N) is 1. The van der Waals surface area contributed by atoms with Gasteiger partial charge in [-0.2, -0.15) is 5.26 Å². The third-order valence-corrected chi connectivity index (χ3v) is 6.90. The van der Waals surface area contributed by atoms with Crippen LogP contribution in [0.3, 0.4) is 0 Å². The number of allylic oxidation sites excluding steroid dienone is 2. The number of amides is 1. The van der Waals surface area contributed by atoms with Gasteiger partial charge in [-0.15, -0.1) is 0 Å². The molecule has 3 aromatic rings. The van der Waals surface area contributed by atoms with Gasteiger partial charge < -0.3 is 10.1 Å². The van der Waals surface area contributed by atoms with E-state index in [1.807, 2.05) is 63.2 Å². The van der Waals surface area contributed by atoms with Crippen LogP contribution in [0.5, 0.6) is 5.75 Å². The van der Waals surface area contributed by atoms with Crippen molar-refractivity contribution in [2.24, 2.45) is 0 Å². The number of fused-ring (bicyclic) bond motifs is 1. The summed E-state index contributed by atoms with van der Waals surface area (Å²) >= 11 is 0. The van der Waals surface area contributed by atoms with Crippen molar-refractivity contribution in [3.63, 3.8) is 0 Å². The molecule has 1 aliphatic rings. The maximum absolute atomic E-state index is 13.4. The number of benzene rings is 2. The van der Waals surface area contributed by atoms with E-state index in [0.717, 1.165) is 53.5 Å². The molecule has 1 N–H and O–H groups in total. The number of carbonyl (C=O) groups excluding carboxylic acids is 1. The molecule has 196 valence electrons. The average Bonchev–Trinajstić information content (AvgIpc) is 3.26. The molecule has 1 amide bonds. The monoisotopic (exact) mass is 510 g/mol. The number of unbranched alkanes of at least 4 members (excludes halogenated alkanes) is 3. The topological polar surface area (TPSA) is 97.0 Å². The fraction of sp³-hybridized carbons (Fsp3) is 0.355. The summed E-state index contributed by atoms with van der Waals surface area (Å²) in [5.41, 5.74) is 4.77. The summed E-state index contributed by atoms with van der Waals surface area (Å²) < 4.78 is 7.66. The molecule has 1 atom stereocenters. The number of rotatable bonds is 10. The van der Waals surface area contributed by atoms with Gasteiger partial charge in [0.25, 0.3) is 11.5 Å². The van der Waals surface area contributed by atoms with Crippen LogP contribution in [0.1, 0.15) is 67.1 Å². The Labute approximate surface area is 223 Å². The van der Waals surface area contributed by atoms with E-state index in [4.69, 9.17) is 4.74 Å². The smallest absolute Gasteiger partial charge is 0.266 e. The molecule has 0 fully saturated rings. The predicted octanol–water partition coefficient (Wildman–Crippen LogP) is 5.97. The zero-order valence-electron chi connectivity index (χ0n) is 22.5. The fourth-order valence-electron chi connectivity index (χ4n) is 4.83. The van der Waals surface area contributed by atoms with Gasteiger partial charge in [-0.1, -0.05) is 68.1 Å². The molecule has 7 nitrogen and oxygen atoms in total. The molecule has 38 heavy (non-hydrogen) atoms. The summed E-state index contributed by atoms with van der Waals surface area (Å²) in [6.07, 6.45) is 3.85. The number of aryl methyl sites for hydroxylation is 3. The summed E-state index contributed by atoms with van der Waals surface area (Å²) in [4.78, 5) is 30.9. The summed E-state index contributed by atoms with van der Waals surface area (Å²) in [5.74, 6) is 0.680. The van der Waals surface area contributed by atoms with Crippen LogP contribution in [-0.4, -0.2) is 21.6 Å². The molecule has 0 saturated carbocycles. The van der Waals surface area contributed by atoms with Crippen molar-refractivity contribution in [2.75, 3.05) is 5.32 Å². The van der Waals surface area contributed by atoms with Crippen LogP contribution in [0.15, 0.2) is 53.3 Å². The summed E-state index contributed by atoms with van der Waals surface area (Å²) in [6, 6.07) is 17.2. The van der Waals surface area contributed by atoms with Crippen molar-refractivity contribution < 1.29 is 9.53 Å². The Kier molecular flexibility index (Phi) is 8.42. The van der Waals surface area contributed by atoms with Gasteiger partial charge in [0.05, 0.1) is 6.54 Å². The first-order valence-electron chi connectivity index (χ1n) is 13.2. The minimum atomic E-state index is -0.736. The van der Waals surface area contributed by atoms with E-state index < -0.39 is 6.10 Å². The van der Waals surface area contributed by atoms with Gasteiger partial charge in [0.1, 0.15) is 23.2 Å². The number of anilines is 1. The lowest BCUT2D eigenvalue weighted by molar-refractivity contribution is -0.123. The maximum Gasteiger partial charge on any atom is 0.266 e. The first-order chi connectivity index (χ1) is 18.3. The molecule has 1 aromatic heterocycles. The van der Waals surface area contributed by atoms with Crippen molar-refractivity contribution in [1.29, 1.82) is 5.26 Å². The Balaban J connectivity index is 1.61. The molecule has 1 unspecified atom stereocenters. The lowest BCUT2D eigenvalue weighted by Gasteiger charge is -2.20. The standard InChI is InChI=1S/C31H34N4O3/c1-5-6-7-8-13-27(38-26-15-14-20(2)16-22(26)4)31(37)34-28-17-29(36)35-19-25(24(18-32)30(35)33-28)23-12-10-9-11-21(23)3/h9-12,14-17,27H,5-8,13,19H2,1-4H3,(H,34,37). The largest absolute Gasteiger partial charge is 0.480 e. The van der Waals surface area contributed by atoms with Gasteiger partial charge in [-0.05, 0) is 56.4 Å². The minimum Gasteiger partial charge on any atom is -0.480 e. The number of hydrogen-bond donors (Lipinski definition) is 1. The van der Waals surface area contributed by atoms with Crippen molar-refractivity contribution in [2.45, 2.75) is 72.4 Å². The van der Waals surface area contributed by atoms with Crippen LogP contribution in [0.4, 0.5) is 5.82 Å². The van der Waals surface area contributed by atoms with Crippen LogP contribution in [0.25, 0.3) is 11.1 Å². The molecule has 0 saturated heterocycles. The van der Waals surface area contributed by atoms with Crippen LogP contribution in [0, 0.1) is 32.1 Å². The van der Waals surface area contributed by atoms with E-state index in [9.17, 15) is 14.9 Å². The van der Waals surface area contributed by atoms with Gasteiger partial charge >= 0.3 is 0 Å². The van der Waals surface area contributed by atoms with Crippen LogP contribution in [-0.2, 0) is 11.3 Å². The molecule has 4 rings (SSSR count). The number of ether oxygens (including phenoxy) is 1. The zero-order chi connectivity index (χ0) is 27.2. The highest BCUT2D eigenvalue weighted by atomic mass is 16.5. The SMILES string of the molecule is CCCCCCC(Oc1ccc(C)cc1C)C(=O)Nc1cc(=O)n2c(n1)C(C#N)=C(c1ccccc1C)C2. The van der Waals surface area contributed by atoms with E-state index in [-0.39, 0.29) is 29.7 Å². The highest BCUT2D eigenvalue weighted by Crippen LogP contribution is 2.33. The Morgan fingerprint density at radius 3 is 2.61 bits per heavy atom. The Morgan fingerprint density at radius 2 is 1.89 bits per heavy atom. The normalized spacial score (nSPS) is 13.1. The number of nitriles is 1. The Hall–Kier alpha value is -4.18. The first-order valence-corrected chi connectivity index (χ1v) is 13.2. The van der Waals surface area contributed by atoms with E-state index >= 15 is 0 Å². The van der Waals surface area contributed by atoms with E-state index in [1.54, 1.807) is 0 Å². The van der Waals surface area contributed by atoms with Gasteiger partial charge in [-0.25, -0.2) is 4.98 Å². The van der Waals surface area contributed by atoms with Crippen LogP contribution in [0.2, 0.25) is 0 Å². The Bertz CT molecular complexity index is 1480. The third kappa shape index (κ3) is 5.86. The second kappa shape index (κ2) is 11.9. The van der Waals surface area contributed by atoms with Crippen LogP contribution < -0.4 is 15.6 Å². The van der Waals surface area contributed by atoms with Crippen molar-refractivity contribution in [3.8, 4) is 11.8 Å². The molecule has 2 heterocycles. The van der Waals surface area contributed by atoms with Crippen molar-refractivity contribution in [3.05, 3.63) is 87.0 Å². The molecule has 0 radical (unpaired) electrons. The van der Waals surface area contributed by atoms with E-state index in [1.165, 1.54) is 10.6 Å². The lowest BCUT2D eigenvalue weighted by Crippen LogP contribution is -2.34. The molecular formula is C31H34N4O3. The van der Waals surface area contributed by atoms with Gasteiger partial charge in [0.2, 0.25) is 0 Å². The molecule has 0 spiro atoms. The van der Waals surface area contributed by atoms with Crippen molar-refractivity contribution in [1.82, 2.24) is 9.55 Å². The molecule has 7 heteroatoms. The second-order valence-electron chi connectivity index (χ2n) is 9.88. The van der Waals surface area contributed by atoms with Crippen molar-refractivity contribution >= 4 is 22.9 Å². The summed E-state index contributed by atoms with van der Waals surface area (Å²) in [7, 11) is 0. The third-order valence-electron chi connectivity index (χ3n) is 6.90. The highest BCUT2D eigenvalue weighted by molar-refractivity contribution is 5.99. The molecular weight excluding hydrogens is 476 g/mol. The van der Waals surface area contributed by atoms with Gasteiger partial charge in [0, 0.05) is 11.6 Å². The maximum atomic E-state index is 13.4. The zero-order valence-corrected chi connectivity index (χ0v) is 22.5. The van der Waals surface area contributed by atoms with Gasteiger partial charge in [0.15, 0.2) is 11.9 Å².